The molecule has 1 amide bonds. The first-order chi connectivity index (χ1) is 13.2. The molecule has 0 spiro atoms. The first-order valence-corrected chi connectivity index (χ1v) is 9.75. The molecule has 0 fully saturated rings. The Balaban J connectivity index is 1.80. The van der Waals surface area contributed by atoms with Crippen molar-refractivity contribution >= 4 is 17.8 Å². The number of phenols is 1. The van der Waals surface area contributed by atoms with E-state index in [1.165, 1.54) is 17.3 Å². The molecule has 28 heavy (non-hydrogen) atoms. The Hall–Kier alpha value is -2.82. The monoisotopic (exact) mass is 379 g/mol. The first kappa shape index (κ1) is 19.9. The highest BCUT2D eigenvalue weighted by atomic mass is 16.3. The maximum Gasteiger partial charge on any atom is 0.275 e. The summed E-state index contributed by atoms with van der Waals surface area (Å²) in [5.41, 5.74) is 6.31. The van der Waals surface area contributed by atoms with E-state index in [9.17, 15) is 9.90 Å². The van der Waals surface area contributed by atoms with Crippen molar-refractivity contribution in [2.24, 2.45) is 5.10 Å². The average Bonchev–Trinajstić information content (AvgIpc) is 2.61. The van der Waals surface area contributed by atoms with Gasteiger partial charge in [0, 0.05) is 17.3 Å². The molecule has 1 atom stereocenters. The van der Waals surface area contributed by atoms with E-state index in [1.54, 1.807) is 24.4 Å². The lowest BCUT2D eigenvalue weighted by Gasteiger charge is -2.50. The quantitative estimate of drug-likeness (QED) is 0.600. The number of fused-ring (bicyclic) bond motifs is 1. The lowest BCUT2D eigenvalue weighted by atomic mass is 9.79. The Kier molecular flexibility index (Phi) is 5.45. The fraction of sp³-hybridized carbons (Fsp3) is 0.391. The number of para-hydroxylation sites is 1. The zero-order chi connectivity index (χ0) is 20.5. The highest BCUT2D eigenvalue weighted by Gasteiger charge is 2.37. The van der Waals surface area contributed by atoms with Crippen LogP contribution in [0.3, 0.4) is 0 Å². The van der Waals surface area contributed by atoms with E-state index in [2.05, 4.69) is 62.2 Å². The molecule has 0 saturated heterocycles. The number of carbonyl (C=O) groups is 1. The Labute approximate surface area is 167 Å². The fourth-order valence-electron chi connectivity index (χ4n) is 4.42. The van der Waals surface area contributed by atoms with E-state index in [0.29, 0.717) is 12.0 Å². The minimum Gasteiger partial charge on any atom is -0.507 e. The molecule has 5 heteroatoms. The van der Waals surface area contributed by atoms with Gasteiger partial charge in [0.1, 0.15) is 5.75 Å². The van der Waals surface area contributed by atoms with Crippen LogP contribution in [0, 0.1) is 0 Å². The predicted octanol–water partition coefficient (Wildman–Crippen LogP) is 4.66. The maximum absolute atomic E-state index is 12.1. The minimum absolute atomic E-state index is 0.0609. The summed E-state index contributed by atoms with van der Waals surface area (Å²) in [5.74, 6) is -0.0492. The van der Waals surface area contributed by atoms with E-state index in [0.717, 1.165) is 12.0 Å². The summed E-state index contributed by atoms with van der Waals surface area (Å²) in [5, 5.41) is 13.8. The van der Waals surface area contributed by atoms with Gasteiger partial charge >= 0.3 is 0 Å². The van der Waals surface area contributed by atoms with Gasteiger partial charge in [0.05, 0.1) is 11.8 Å². The van der Waals surface area contributed by atoms with Crippen LogP contribution < -0.4 is 10.3 Å². The maximum atomic E-state index is 12.1. The highest BCUT2D eigenvalue weighted by molar-refractivity contribution is 5.97. The Morgan fingerprint density at radius 1 is 1.29 bits per heavy atom. The second-order valence-electron chi connectivity index (χ2n) is 8.42. The van der Waals surface area contributed by atoms with Crippen molar-refractivity contribution in [1.82, 2.24) is 5.43 Å². The third kappa shape index (κ3) is 3.88. The summed E-state index contributed by atoms with van der Waals surface area (Å²) in [6.45, 7) is 11.3. The van der Waals surface area contributed by atoms with Crippen molar-refractivity contribution in [2.45, 2.75) is 58.5 Å². The van der Waals surface area contributed by atoms with E-state index < -0.39 is 5.91 Å². The van der Waals surface area contributed by atoms with Crippen molar-refractivity contribution in [2.75, 3.05) is 4.90 Å². The number of nitrogens with one attached hydrogen (secondary N) is 1. The van der Waals surface area contributed by atoms with Crippen LogP contribution in [-0.4, -0.2) is 28.8 Å². The summed E-state index contributed by atoms with van der Waals surface area (Å²) in [4.78, 5) is 14.6. The second-order valence-corrected chi connectivity index (χ2v) is 8.42. The molecule has 0 unspecified atom stereocenters. The van der Waals surface area contributed by atoms with Gasteiger partial charge in [-0.1, -0.05) is 25.1 Å². The largest absolute Gasteiger partial charge is 0.507 e. The summed E-state index contributed by atoms with van der Waals surface area (Å²) in [7, 11) is 0. The lowest BCUT2D eigenvalue weighted by Crippen LogP contribution is -2.51. The first-order valence-electron chi connectivity index (χ1n) is 9.75. The van der Waals surface area contributed by atoms with E-state index in [4.69, 9.17) is 0 Å². The standard InChI is InChI=1S/C23H29N3O2/c1-15(2)26-20-11-10-17(12-19(20)16(3)13-23(26,4)5)14-24-25-22(28)18-8-6-7-9-21(18)27/h6-12,14-16,27H,13H2,1-5H3,(H,25,28)/b24-14+/t16-/m1/s1. The van der Waals surface area contributed by atoms with Crippen molar-refractivity contribution in [3.63, 3.8) is 0 Å². The number of rotatable bonds is 4. The number of benzene rings is 2. The van der Waals surface area contributed by atoms with Crippen LogP contribution in [0.2, 0.25) is 0 Å². The van der Waals surface area contributed by atoms with Gasteiger partial charge in [0.25, 0.3) is 5.91 Å². The van der Waals surface area contributed by atoms with Crippen molar-refractivity contribution in [3.05, 3.63) is 59.2 Å². The Bertz CT molecular complexity index is 902. The van der Waals surface area contributed by atoms with Crippen molar-refractivity contribution in [3.8, 4) is 5.75 Å². The van der Waals surface area contributed by atoms with Crippen molar-refractivity contribution < 1.29 is 9.90 Å². The van der Waals surface area contributed by atoms with Gasteiger partial charge in [-0.3, -0.25) is 4.79 Å². The number of aromatic hydroxyl groups is 1. The number of hydrogen-bond donors (Lipinski definition) is 2. The molecule has 1 aliphatic heterocycles. The topological polar surface area (TPSA) is 64.9 Å². The summed E-state index contributed by atoms with van der Waals surface area (Å²) < 4.78 is 0. The molecule has 3 rings (SSSR count). The molecule has 0 saturated carbocycles. The van der Waals surface area contributed by atoms with Crippen LogP contribution in [0.4, 0.5) is 5.69 Å². The number of carbonyl (C=O) groups excluding carboxylic acids is 1. The summed E-state index contributed by atoms with van der Waals surface area (Å²) >= 11 is 0. The van der Waals surface area contributed by atoms with Crippen LogP contribution in [0.25, 0.3) is 0 Å². The lowest BCUT2D eigenvalue weighted by molar-refractivity contribution is 0.0952. The van der Waals surface area contributed by atoms with Gasteiger partial charge in [0.2, 0.25) is 0 Å². The van der Waals surface area contributed by atoms with Gasteiger partial charge < -0.3 is 10.0 Å². The van der Waals surface area contributed by atoms with Crippen LogP contribution in [0.1, 0.15) is 68.4 Å². The molecular weight excluding hydrogens is 350 g/mol. The predicted molar refractivity (Wildman–Crippen MR) is 114 cm³/mol. The smallest absolute Gasteiger partial charge is 0.275 e. The van der Waals surface area contributed by atoms with Gasteiger partial charge in [-0.15, -0.1) is 0 Å². The van der Waals surface area contributed by atoms with Gasteiger partial charge in [-0.2, -0.15) is 5.10 Å². The number of phenolic OH excluding ortho intramolecular Hbond substituents is 1. The summed E-state index contributed by atoms with van der Waals surface area (Å²) in [6, 6.07) is 13.2. The van der Waals surface area contributed by atoms with Gasteiger partial charge in [0.15, 0.2) is 0 Å². The van der Waals surface area contributed by atoms with Gasteiger partial charge in [-0.05, 0) is 75.4 Å². The second kappa shape index (κ2) is 7.66. The Morgan fingerprint density at radius 3 is 2.68 bits per heavy atom. The van der Waals surface area contributed by atoms with Gasteiger partial charge in [-0.25, -0.2) is 5.43 Å². The molecule has 1 heterocycles. The number of hydrogen-bond acceptors (Lipinski definition) is 4. The van der Waals surface area contributed by atoms with Crippen LogP contribution in [0.5, 0.6) is 5.75 Å². The molecule has 2 N–H and O–H groups in total. The van der Waals surface area contributed by atoms with E-state index in [-0.39, 0.29) is 16.9 Å². The summed E-state index contributed by atoms with van der Waals surface area (Å²) in [6.07, 6.45) is 2.73. The molecule has 1 aliphatic rings. The SMILES string of the molecule is CC(C)N1c2ccc(/C=N/NC(=O)c3ccccc3O)cc2[C@H](C)CC1(C)C. The Morgan fingerprint density at radius 2 is 2.00 bits per heavy atom. The molecular formula is C23H29N3O2. The average molecular weight is 380 g/mol. The molecule has 2 aromatic rings. The zero-order valence-corrected chi connectivity index (χ0v) is 17.2. The molecule has 0 bridgehead atoms. The highest BCUT2D eigenvalue weighted by Crippen LogP contribution is 2.44. The molecule has 5 nitrogen and oxygen atoms in total. The third-order valence-corrected chi connectivity index (χ3v) is 5.34. The number of hydrazone groups is 1. The molecule has 0 aromatic heterocycles. The van der Waals surface area contributed by atoms with Crippen molar-refractivity contribution in [1.29, 1.82) is 0 Å². The number of amides is 1. The number of anilines is 1. The number of nitrogens with zero attached hydrogens (tertiary/aromatic N) is 2. The zero-order valence-electron chi connectivity index (χ0n) is 17.2. The molecule has 0 aliphatic carbocycles. The molecule has 2 aromatic carbocycles. The van der Waals surface area contributed by atoms with E-state index >= 15 is 0 Å². The third-order valence-electron chi connectivity index (χ3n) is 5.34. The molecule has 0 radical (unpaired) electrons. The normalized spacial score (nSPS) is 18.4. The van der Waals surface area contributed by atoms with Crippen LogP contribution in [-0.2, 0) is 0 Å². The van der Waals surface area contributed by atoms with Crippen LogP contribution in [0.15, 0.2) is 47.6 Å². The molecule has 148 valence electrons. The fourth-order valence-corrected chi connectivity index (χ4v) is 4.42. The van der Waals surface area contributed by atoms with E-state index in [1.807, 2.05) is 6.07 Å². The minimum atomic E-state index is -0.437. The van der Waals surface area contributed by atoms with Crippen LogP contribution >= 0.6 is 0 Å².